The van der Waals surface area contributed by atoms with Crippen LogP contribution < -0.4 is 15.8 Å². The van der Waals surface area contributed by atoms with E-state index in [4.69, 9.17) is 33.7 Å². The number of carbonyl (C=O) groups excluding carboxylic acids is 1. The van der Waals surface area contributed by atoms with Gasteiger partial charge >= 0.3 is 0 Å². The number of carbonyl (C=O) groups is 1. The quantitative estimate of drug-likeness (QED) is 0.552. The van der Waals surface area contributed by atoms with Crippen LogP contribution in [-0.2, 0) is 0 Å². The Labute approximate surface area is 162 Å². The molecule has 0 saturated heterocycles. The zero-order valence-electron chi connectivity index (χ0n) is 13.8. The predicted octanol–water partition coefficient (Wildman–Crippen LogP) is 3.62. The van der Waals surface area contributed by atoms with Crippen LogP contribution in [0.3, 0.4) is 0 Å². The maximum Gasteiger partial charge on any atom is 0.276 e. The van der Waals surface area contributed by atoms with Crippen molar-refractivity contribution in [2.75, 3.05) is 11.1 Å². The fourth-order valence-electron chi connectivity index (χ4n) is 2.27. The standard InChI is InChI=1S/C16H13Cl2FN6O2/c1-7(13-9(17)2-3-10(19)14(13)18)27-12-4-11(24-25-15(12)20)16(26)23-8-5-21-22-6-8/h2-7H,1H3,(H2,20,25)(H,21,22)(H,23,26). The first-order valence-electron chi connectivity index (χ1n) is 7.60. The van der Waals surface area contributed by atoms with E-state index >= 15 is 0 Å². The monoisotopic (exact) mass is 410 g/mol. The second kappa shape index (κ2) is 7.77. The molecule has 0 aliphatic heterocycles. The van der Waals surface area contributed by atoms with Crippen LogP contribution in [0, 0.1) is 5.82 Å². The number of nitrogens with zero attached hydrogens (tertiary/aromatic N) is 3. The molecule has 1 atom stereocenters. The Morgan fingerprint density at radius 2 is 2.15 bits per heavy atom. The van der Waals surface area contributed by atoms with Crippen LogP contribution >= 0.6 is 23.2 Å². The summed E-state index contributed by atoms with van der Waals surface area (Å²) in [4.78, 5) is 12.2. The van der Waals surface area contributed by atoms with Crippen molar-refractivity contribution in [2.24, 2.45) is 0 Å². The molecule has 8 nitrogen and oxygen atoms in total. The maximum atomic E-state index is 13.7. The van der Waals surface area contributed by atoms with E-state index in [-0.39, 0.29) is 32.9 Å². The highest BCUT2D eigenvalue weighted by molar-refractivity contribution is 6.36. The lowest BCUT2D eigenvalue weighted by molar-refractivity contribution is 0.102. The normalized spacial score (nSPS) is 11.9. The number of nitrogens with two attached hydrogens (primary N) is 1. The van der Waals surface area contributed by atoms with E-state index in [1.165, 1.54) is 24.5 Å². The van der Waals surface area contributed by atoms with Gasteiger partial charge < -0.3 is 15.8 Å². The molecule has 1 aromatic carbocycles. The molecule has 1 amide bonds. The smallest absolute Gasteiger partial charge is 0.276 e. The van der Waals surface area contributed by atoms with Crippen LogP contribution in [0.2, 0.25) is 10.0 Å². The van der Waals surface area contributed by atoms with Crippen molar-refractivity contribution in [3.05, 3.63) is 57.7 Å². The molecule has 3 rings (SSSR count). The number of amides is 1. The van der Waals surface area contributed by atoms with E-state index < -0.39 is 17.8 Å². The van der Waals surface area contributed by atoms with E-state index in [1.807, 2.05) is 0 Å². The van der Waals surface area contributed by atoms with Crippen molar-refractivity contribution < 1.29 is 13.9 Å². The minimum Gasteiger partial charge on any atom is -0.482 e. The molecular weight excluding hydrogens is 398 g/mol. The molecule has 0 spiro atoms. The summed E-state index contributed by atoms with van der Waals surface area (Å²) in [6.07, 6.45) is 2.16. The summed E-state index contributed by atoms with van der Waals surface area (Å²) in [5.41, 5.74) is 6.44. The zero-order chi connectivity index (χ0) is 19.6. The lowest BCUT2D eigenvalue weighted by Gasteiger charge is -2.18. The Morgan fingerprint density at radius 1 is 1.37 bits per heavy atom. The molecular formula is C16H13Cl2FN6O2. The highest BCUT2D eigenvalue weighted by Crippen LogP contribution is 2.35. The van der Waals surface area contributed by atoms with Gasteiger partial charge in [0.25, 0.3) is 5.91 Å². The third-order valence-electron chi connectivity index (χ3n) is 3.56. The van der Waals surface area contributed by atoms with Gasteiger partial charge in [-0.15, -0.1) is 10.2 Å². The minimum absolute atomic E-state index is 0.0379. The van der Waals surface area contributed by atoms with E-state index in [1.54, 1.807) is 6.92 Å². The second-order valence-electron chi connectivity index (χ2n) is 5.44. The van der Waals surface area contributed by atoms with Gasteiger partial charge in [-0.3, -0.25) is 9.89 Å². The zero-order valence-corrected chi connectivity index (χ0v) is 15.3. The maximum absolute atomic E-state index is 13.7. The fourth-order valence-corrected chi connectivity index (χ4v) is 2.95. The van der Waals surface area contributed by atoms with Crippen LogP contribution in [0.1, 0.15) is 29.1 Å². The van der Waals surface area contributed by atoms with Crippen LogP contribution in [-0.4, -0.2) is 26.3 Å². The van der Waals surface area contributed by atoms with Crippen LogP contribution in [0.4, 0.5) is 15.9 Å². The first kappa shape index (κ1) is 18.9. The van der Waals surface area contributed by atoms with Crippen molar-refractivity contribution >= 4 is 40.6 Å². The second-order valence-corrected chi connectivity index (χ2v) is 6.22. The molecule has 27 heavy (non-hydrogen) atoms. The van der Waals surface area contributed by atoms with Gasteiger partial charge in [-0.05, 0) is 19.1 Å². The van der Waals surface area contributed by atoms with Gasteiger partial charge in [0.1, 0.15) is 11.9 Å². The first-order valence-corrected chi connectivity index (χ1v) is 8.35. The summed E-state index contributed by atoms with van der Waals surface area (Å²) in [5, 5.41) is 16.4. The van der Waals surface area contributed by atoms with Gasteiger partial charge in [0.2, 0.25) is 0 Å². The molecule has 3 aromatic rings. The fraction of sp³-hybridized carbons (Fsp3) is 0.125. The van der Waals surface area contributed by atoms with E-state index in [2.05, 4.69) is 25.7 Å². The Balaban J connectivity index is 1.85. The number of nitrogens with one attached hydrogen (secondary N) is 2. The number of aromatic amines is 1. The number of hydrogen-bond donors (Lipinski definition) is 3. The summed E-state index contributed by atoms with van der Waals surface area (Å²) in [5.74, 6) is -1.15. The van der Waals surface area contributed by atoms with Crippen molar-refractivity contribution in [3.8, 4) is 5.75 Å². The molecule has 0 aliphatic carbocycles. The molecule has 4 N–H and O–H groups in total. The molecule has 11 heteroatoms. The van der Waals surface area contributed by atoms with Gasteiger partial charge in [-0.25, -0.2) is 4.39 Å². The number of benzene rings is 1. The lowest BCUT2D eigenvalue weighted by atomic mass is 10.1. The molecule has 0 bridgehead atoms. The first-order chi connectivity index (χ1) is 12.9. The summed E-state index contributed by atoms with van der Waals surface area (Å²) in [6.45, 7) is 1.61. The number of ether oxygens (including phenoxy) is 1. The van der Waals surface area contributed by atoms with Crippen LogP contribution in [0.5, 0.6) is 5.75 Å². The highest BCUT2D eigenvalue weighted by Gasteiger charge is 2.21. The summed E-state index contributed by atoms with van der Waals surface area (Å²) < 4.78 is 19.4. The number of halogens is 3. The third kappa shape index (κ3) is 4.09. The largest absolute Gasteiger partial charge is 0.482 e. The summed E-state index contributed by atoms with van der Waals surface area (Å²) >= 11 is 12.1. The molecule has 1 unspecified atom stereocenters. The van der Waals surface area contributed by atoms with Crippen LogP contribution in [0.25, 0.3) is 0 Å². The van der Waals surface area contributed by atoms with Gasteiger partial charge in [0, 0.05) is 22.8 Å². The number of H-pyrrole nitrogens is 1. The van der Waals surface area contributed by atoms with E-state index in [0.29, 0.717) is 5.69 Å². The summed E-state index contributed by atoms with van der Waals surface area (Å²) in [7, 11) is 0. The molecule has 0 radical (unpaired) electrons. The van der Waals surface area contributed by atoms with Crippen molar-refractivity contribution in [3.63, 3.8) is 0 Å². The number of anilines is 2. The van der Waals surface area contributed by atoms with E-state index in [0.717, 1.165) is 6.07 Å². The highest BCUT2D eigenvalue weighted by atomic mass is 35.5. The average Bonchev–Trinajstić information content (AvgIpc) is 3.13. The van der Waals surface area contributed by atoms with Gasteiger partial charge in [0.15, 0.2) is 17.3 Å². The van der Waals surface area contributed by atoms with E-state index in [9.17, 15) is 9.18 Å². The third-order valence-corrected chi connectivity index (χ3v) is 4.28. The molecule has 0 aliphatic rings. The number of nitrogen functional groups attached to an aromatic ring is 1. The average molecular weight is 411 g/mol. The van der Waals surface area contributed by atoms with Gasteiger partial charge in [-0.2, -0.15) is 5.10 Å². The lowest BCUT2D eigenvalue weighted by Crippen LogP contribution is -2.16. The predicted molar refractivity (Wildman–Crippen MR) is 98.4 cm³/mol. The Kier molecular flexibility index (Phi) is 5.43. The van der Waals surface area contributed by atoms with Gasteiger partial charge in [0.05, 0.1) is 16.9 Å². The number of hydrogen-bond acceptors (Lipinski definition) is 6. The van der Waals surface area contributed by atoms with Crippen molar-refractivity contribution in [2.45, 2.75) is 13.0 Å². The van der Waals surface area contributed by atoms with Crippen molar-refractivity contribution in [1.29, 1.82) is 0 Å². The molecule has 0 fully saturated rings. The SMILES string of the molecule is CC(Oc1cc(C(=O)Nc2cn[nH]c2)nnc1N)c1c(Cl)ccc(F)c1Cl. The molecule has 2 heterocycles. The minimum atomic E-state index is -0.767. The van der Waals surface area contributed by atoms with Gasteiger partial charge in [-0.1, -0.05) is 23.2 Å². The Morgan fingerprint density at radius 3 is 2.85 bits per heavy atom. The number of aromatic nitrogens is 4. The molecule has 2 aromatic heterocycles. The van der Waals surface area contributed by atoms with Crippen LogP contribution in [0.15, 0.2) is 30.6 Å². The summed E-state index contributed by atoms with van der Waals surface area (Å²) in [6, 6.07) is 3.84. The van der Waals surface area contributed by atoms with Crippen molar-refractivity contribution in [1.82, 2.24) is 20.4 Å². The topological polar surface area (TPSA) is 119 Å². The molecule has 140 valence electrons. The Bertz CT molecular complexity index is 983. The Hall–Kier alpha value is -2.91. The molecule has 0 saturated carbocycles. The number of rotatable bonds is 5.